The molecule has 162 valence electrons. The molecule has 0 aliphatic carbocycles. The van der Waals surface area contributed by atoms with E-state index in [4.69, 9.17) is 0 Å². The molecule has 11 heteroatoms. The molecule has 1 aromatic carbocycles. The molecular weight excluding hydrogens is 401 g/mol. The topological polar surface area (TPSA) is 83.4 Å². The van der Waals surface area contributed by atoms with Crippen molar-refractivity contribution in [2.75, 3.05) is 39.8 Å². The molecule has 1 aromatic heterocycles. The highest BCUT2D eigenvalue weighted by Crippen LogP contribution is 2.29. The van der Waals surface area contributed by atoms with Crippen LogP contribution in [0.3, 0.4) is 0 Å². The van der Waals surface area contributed by atoms with Crippen LogP contribution in [0.5, 0.6) is 0 Å². The molecule has 1 fully saturated rings. The highest BCUT2D eigenvalue weighted by molar-refractivity contribution is 5.94. The summed E-state index contributed by atoms with van der Waals surface area (Å²) < 4.78 is 39.7. The predicted octanol–water partition coefficient (Wildman–Crippen LogP) is 1.50. The summed E-state index contributed by atoms with van der Waals surface area (Å²) in [5.41, 5.74) is -0.733. The molecule has 2 heterocycles. The monoisotopic (exact) mass is 424 g/mol. The maximum atomic E-state index is 12.8. The third-order valence-electron chi connectivity index (χ3n) is 4.84. The average Bonchev–Trinajstić information content (AvgIpc) is 3.07. The SMILES string of the molecule is CN1CCCN(C(=O)c2cn(CCNC(=O)c3cccc(C(F)(F)F)c3)nn2)CC1. The van der Waals surface area contributed by atoms with Gasteiger partial charge in [-0.1, -0.05) is 11.3 Å². The number of nitrogens with one attached hydrogen (secondary N) is 1. The molecule has 1 aliphatic rings. The first-order valence-corrected chi connectivity index (χ1v) is 9.57. The molecule has 1 aliphatic heterocycles. The van der Waals surface area contributed by atoms with Crippen LogP contribution in [-0.4, -0.2) is 76.4 Å². The lowest BCUT2D eigenvalue weighted by Crippen LogP contribution is -2.34. The number of aromatic nitrogens is 3. The second kappa shape index (κ2) is 9.24. The highest BCUT2D eigenvalue weighted by Gasteiger charge is 2.30. The van der Waals surface area contributed by atoms with Crippen LogP contribution in [0, 0.1) is 0 Å². The number of carbonyl (C=O) groups excluding carboxylic acids is 2. The van der Waals surface area contributed by atoms with Gasteiger partial charge in [0.05, 0.1) is 18.3 Å². The van der Waals surface area contributed by atoms with Gasteiger partial charge in [0.2, 0.25) is 0 Å². The lowest BCUT2D eigenvalue weighted by molar-refractivity contribution is -0.137. The van der Waals surface area contributed by atoms with E-state index in [1.807, 2.05) is 7.05 Å². The summed E-state index contributed by atoms with van der Waals surface area (Å²) in [6.45, 7) is 3.36. The van der Waals surface area contributed by atoms with Gasteiger partial charge in [-0.15, -0.1) is 5.10 Å². The number of halogens is 3. The van der Waals surface area contributed by atoms with Crippen molar-refractivity contribution >= 4 is 11.8 Å². The smallest absolute Gasteiger partial charge is 0.350 e. The van der Waals surface area contributed by atoms with Crippen molar-refractivity contribution in [1.82, 2.24) is 30.1 Å². The summed E-state index contributed by atoms with van der Waals surface area (Å²) in [4.78, 5) is 28.6. The Balaban J connectivity index is 1.52. The van der Waals surface area contributed by atoms with Gasteiger partial charge >= 0.3 is 6.18 Å². The van der Waals surface area contributed by atoms with Gasteiger partial charge in [-0.3, -0.25) is 9.59 Å². The standard InChI is InChI=1S/C19H23F3N6O2/c1-26-7-3-8-27(11-10-26)18(30)16-13-28(25-24-16)9-6-23-17(29)14-4-2-5-15(12-14)19(20,21)22/h2,4-5,12-13H,3,6-11H2,1H3,(H,23,29). The summed E-state index contributed by atoms with van der Waals surface area (Å²) in [6.07, 6.45) is -2.12. The Morgan fingerprint density at radius 3 is 2.73 bits per heavy atom. The average molecular weight is 424 g/mol. The van der Waals surface area contributed by atoms with E-state index in [9.17, 15) is 22.8 Å². The number of likely N-dealkylation sites (N-methyl/N-ethyl adjacent to an activating group) is 1. The number of hydrogen-bond donors (Lipinski definition) is 1. The molecule has 8 nitrogen and oxygen atoms in total. The van der Waals surface area contributed by atoms with Gasteiger partial charge in [0.25, 0.3) is 11.8 Å². The lowest BCUT2D eigenvalue weighted by Gasteiger charge is -2.18. The maximum absolute atomic E-state index is 12.8. The Hall–Kier alpha value is -2.95. The molecule has 30 heavy (non-hydrogen) atoms. The van der Waals surface area contributed by atoms with Gasteiger partial charge in [-0.25, -0.2) is 4.68 Å². The Bertz CT molecular complexity index is 898. The molecule has 0 atom stereocenters. The number of hydrogen-bond acceptors (Lipinski definition) is 5. The van der Waals surface area contributed by atoms with Crippen molar-refractivity contribution in [2.45, 2.75) is 19.1 Å². The number of amides is 2. The lowest BCUT2D eigenvalue weighted by atomic mass is 10.1. The molecule has 1 N–H and O–H groups in total. The van der Waals surface area contributed by atoms with E-state index in [1.165, 1.54) is 23.0 Å². The molecule has 0 radical (unpaired) electrons. The summed E-state index contributed by atoms with van der Waals surface area (Å²) >= 11 is 0. The van der Waals surface area contributed by atoms with Gasteiger partial charge in [-0.05, 0) is 38.2 Å². The third kappa shape index (κ3) is 5.56. The van der Waals surface area contributed by atoms with Crippen LogP contribution < -0.4 is 5.32 Å². The van der Waals surface area contributed by atoms with Gasteiger partial charge in [0, 0.05) is 31.7 Å². The predicted molar refractivity (Wildman–Crippen MR) is 102 cm³/mol. The number of nitrogens with zero attached hydrogens (tertiary/aromatic N) is 5. The van der Waals surface area contributed by atoms with Crippen LogP contribution in [0.15, 0.2) is 30.5 Å². The first kappa shape index (κ1) is 21.8. The molecule has 2 aromatic rings. The quantitative estimate of drug-likeness (QED) is 0.787. The number of rotatable bonds is 5. The fourth-order valence-electron chi connectivity index (χ4n) is 3.14. The van der Waals surface area contributed by atoms with Crippen LogP contribution in [0.4, 0.5) is 13.2 Å². The zero-order valence-electron chi connectivity index (χ0n) is 16.5. The van der Waals surface area contributed by atoms with E-state index in [0.29, 0.717) is 13.1 Å². The van der Waals surface area contributed by atoms with Crippen molar-refractivity contribution < 1.29 is 22.8 Å². The Morgan fingerprint density at radius 2 is 1.97 bits per heavy atom. The molecule has 1 saturated heterocycles. The second-order valence-corrected chi connectivity index (χ2v) is 7.15. The summed E-state index contributed by atoms with van der Waals surface area (Å²) in [5.74, 6) is -0.809. The maximum Gasteiger partial charge on any atom is 0.416 e. The first-order valence-electron chi connectivity index (χ1n) is 9.57. The number of benzene rings is 1. The van der Waals surface area contributed by atoms with Crippen molar-refractivity contribution in [2.24, 2.45) is 0 Å². The van der Waals surface area contributed by atoms with Crippen molar-refractivity contribution in [1.29, 1.82) is 0 Å². The largest absolute Gasteiger partial charge is 0.416 e. The Kier molecular flexibility index (Phi) is 6.70. The van der Waals surface area contributed by atoms with E-state index in [1.54, 1.807) is 4.90 Å². The van der Waals surface area contributed by atoms with E-state index >= 15 is 0 Å². The third-order valence-corrected chi connectivity index (χ3v) is 4.84. The number of carbonyl (C=O) groups is 2. The van der Waals surface area contributed by atoms with Crippen LogP contribution in [0.1, 0.15) is 32.8 Å². The Labute approximate surface area is 171 Å². The molecule has 0 unspecified atom stereocenters. The molecule has 2 amide bonds. The van der Waals surface area contributed by atoms with Gasteiger partial charge in [0.1, 0.15) is 0 Å². The van der Waals surface area contributed by atoms with Crippen LogP contribution in [0.2, 0.25) is 0 Å². The van der Waals surface area contributed by atoms with Gasteiger partial charge in [-0.2, -0.15) is 13.2 Å². The number of alkyl halides is 3. The van der Waals surface area contributed by atoms with Gasteiger partial charge < -0.3 is 15.1 Å². The minimum absolute atomic E-state index is 0.0783. The highest BCUT2D eigenvalue weighted by atomic mass is 19.4. The summed E-state index contributed by atoms with van der Waals surface area (Å²) in [6, 6.07) is 4.22. The fraction of sp³-hybridized carbons (Fsp3) is 0.474. The molecule has 0 spiro atoms. The summed E-state index contributed by atoms with van der Waals surface area (Å²) in [7, 11) is 2.01. The van der Waals surface area contributed by atoms with Gasteiger partial charge in [0.15, 0.2) is 5.69 Å². The van der Waals surface area contributed by atoms with Crippen molar-refractivity contribution in [3.63, 3.8) is 0 Å². The molecule has 3 rings (SSSR count). The minimum atomic E-state index is -4.51. The zero-order chi connectivity index (χ0) is 21.7. The molecule has 0 saturated carbocycles. The van der Waals surface area contributed by atoms with E-state index in [2.05, 4.69) is 20.5 Å². The van der Waals surface area contributed by atoms with Crippen LogP contribution in [-0.2, 0) is 12.7 Å². The zero-order valence-corrected chi connectivity index (χ0v) is 16.5. The fourth-order valence-corrected chi connectivity index (χ4v) is 3.14. The Morgan fingerprint density at radius 1 is 1.17 bits per heavy atom. The molecular formula is C19H23F3N6O2. The normalized spacial score (nSPS) is 15.7. The second-order valence-electron chi connectivity index (χ2n) is 7.15. The van der Waals surface area contributed by atoms with E-state index in [-0.39, 0.29) is 30.3 Å². The van der Waals surface area contributed by atoms with Crippen molar-refractivity contribution in [3.8, 4) is 0 Å². The van der Waals surface area contributed by atoms with Crippen LogP contribution >= 0.6 is 0 Å². The van der Waals surface area contributed by atoms with Crippen LogP contribution in [0.25, 0.3) is 0 Å². The minimum Gasteiger partial charge on any atom is -0.350 e. The molecule has 0 bridgehead atoms. The van der Waals surface area contributed by atoms with E-state index < -0.39 is 17.6 Å². The summed E-state index contributed by atoms with van der Waals surface area (Å²) in [5, 5.41) is 10.3. The van der Waals surface area contributed by atoms with E-state index in [0.717, 1.165) is 31.6 Å². The first-order chi connectivity index (χ1) is 14.2. The van der Waals surface area contributed by atoms with Crippen molar-refractivity contribution in [3.05, 3.63) is 47.3 Å².